The number of rotatable bonds is 1. The molecule has 2 N–H and O–H groups in total. The molecule has 0 saturated heterocycles. The van der Waals surface area contributed by atoms with Crippen molar-refractivity contribution in [3.05, 3.63) is 72.3 Å². The van der Waals surface area contributed by atoms with Crippen LogP contribution in [-0.4, -0.2) is 0 Å². The molecule has 0 aromatic heterocycles. The topological polar surface area (TPSA) is 26.0 Å². The monoisotopic (exact) mass is 183 g/mol. The number of nitrogens with two attached hydrogens (primary N) is 1. The highest BCUT2D eigenvalue weighted by Gasteiger charge is 1.80. The van der Waals surface area contributed by atoms with Gasteiger partial charge in [0, 0.05) is 6.54 Å². The standard InChI is InChI=1S/C7H8N.C6H5/c8-6-7-4-2-1-3-5-7;1-2-4-6-5-3-1/h1-4H,6,8H2;1-5H. The molecule has 1 nitrogen and oxygen atoms in total. The highest BCUT2D eigenvalue weighted by atomic mass is 14.5. The second kappa shape index (κ2) is 6.87. The highest BCUT2D eigenvalue weighted by molar-refractivity contribution is 5.11. The second-order valence-corrected chi connectivity index (χ2v) is 2.67. The Bertz CT molecular complexity index is 289. The first-order valence-corrected chi connectivity index (χ1v) is 4.50. The number of benzene rings is 2. The molecule has 0 unspecified atom stereocenters. The zero-order chi connectivity index (χ0) is 10.1. The maximum atomic E-state index is 5.32. The van der Waals surface area contributed by atoms with Gasteiger partial charge in [0.15, 0.2) is 0 Å². The van der Waals surface area contributed by atoms with E-state index in [1.165, 1.54) is 0 Å². The summed E-state index contributed by atoms with van der Waals surface area (Å²) in [6, 6.07) is 23.2. The van der Waals surface area contributed by atoms with Gasteiger partial charge in [-0.05, 0) is 17.7 Å². The van der Waals surface area contributed by atoms with Gasteiger partial charge in [0.2, 0.25) is 0 Å². The number of hydrogen-bond acceptors (Lipinski definition) is 1. The second-order valence-electron chi connectivity index (χ2n) is 2.67. The Morgan fingerprint density at radius 1 is 0.929 bits per heavy atom. The first-order chi connectivity index (χ1) is 6.93. The molecule has 0 aliphatic carbocycles. The summed E-state index contributed by atoms with van der Waals surface area (Å²) in [6.45, 7) is 0.584. The van der Waals surface area contributed by atoms with Crippen LogP contribution in [0.25, 0.3) is 0 Å². The Morgan fingerprint density at radius 3 is 1.93 bits per heavy atom. The molecular formula is C13H13N. The lowest BCUT2D eigenvalue weighted by molar-refractivity contribution is 1.07. The van der Waals surface area contributed by atoms with Gasteiger partial charge in [0.25, 0.3) is 0 Å². The zero-order valence-electron chi connectivity index (χ0n) is 7.98. The van der Waals surface area contributed by atoms with Gasteiger partial charge < -0.3 is 5.73 Å². The average molecular weight is 183 g/mol. The van der Waals surface area contributed by atoms with Crippen LogP contribution in [0.5, 0.6) is 0 Å². The zero-order valence-corrected chi connectivity index (χ0v) is 7.98. The van der Waals surface area contributed by atoms with Crippen molar-refractivity contribution in [2.75, 3.05) is 0 Å². The van der Waals surface area contributed by atoms with Crippen molar-refractivity contribution in [1.29, 1.82) is 0 Å². The van der Waals surface area contributed by atoms with Crippen LogP contribution in [0.1, 0.15) is 5.56 Å². The van der Waals surface area contributed by atoms with Gasteiger partial charge in [0.05, 0.1) is 0 Å². The first-order valence-electron chi connectivity index (χ1n) is 4.50. The molecule has 0 fully saturated rings. The molecule has 0 atom stereocenters. The fourth-order valence-electron chi connectivity index (χ4n) is 0.899. The molecule has 0 spiro atoms. The van der Waals surface area contributed by atoms with E-state index in [2.05, 4.69) is 12.1 Å². The van der Waals surface area contributed by atoms with Gasteiger partial charge in [-0.2, -0.15) is 0 Å². The Hall–Kier alpha value is -1.60. The predicted octanol–water partition coefficient (Wildman–Crippen LogP) is 2.43. The largest absolute Gasteiger partial charge is 0.326 e. The summed E-state index contributed by atoms with van der Waals surface area (Å²) >= 11 is 0. The molecule has 2 aromatic carbocycles. The van der Waals surface area contributed by atoms with Gasteiger partial charge in [-0.25, -0.2) is 0 Å². The van der Waals surface area contributed by atoms with E-state index < -0.39 is 0 Å². The lowest BCUT2D eigenvalue weighted by atomic mass is 10.2. The maximum absolute atomic E-state index is 5.32. The molecule has 2 radical (unpaired) electrons. The lowest BCUT2D eigenvalue weighted by Gasteiger charge is -1.89. The van der Waals surface area contributed by atoms with Gasteiger partial charge in [-0.1, -0.05) is 54.6 Å². The maximum Gasteiger partial charge on any atom is 0.0184 e. The highest BCUT2D eigenvalue weighted by Crippen LogP contribution is 1.93. The summed E-state index contributed by atoms with van der Waals surface area (Å²) in [5.41, 5.74) is 6.38. The fourth-order valence-corrected chi connectivity index (χ4v) is 0.899. The summed E-state index contributed by atoms with van der Waals surface area (Å²) in [5, 5.41) is 0. The molecule has 1 heteroatoms. The van der Waals surface area contributed by atoms with Crippen LogP contribution < -0.4 is 5.73 Å². The van der Waals surface area contributed by atoms with Crippen LogP contribution >= 0.6 is 0 Å². The fraction of sp³-hybridized carbons (Fsp3) is 0.0769. The third-order valence-electron chi connectivity index (χ3n) is 1.60. The predicted molar refractivity (Wildman–Crippen MR) is 58.4 cm³/mol. The van der Waals surface area contributed by atoms with Crippen molar-refractivity contribution in [3.8, 4) is 0 Å². The van der Waals surface area contributed by atoms with E-state index >= 15 is 0 Å². The summed E-state index contributed by atoms with van der Waals surface area (Å²) < 4.78 is 0. The van der Waals surface area contributed by atoms with E-state index in [-0.39, 0.29) is 0 Å². The molecule has 0 aliphatic rings. The molecule has 0 amide bonds. The minimum atomic E-state index is 0.584. The SMILES string of the molecule is NCc1[c]cccc1.[c]1ccccc1. The van der Waals surface area contributed by atoms with Gasteiger partial charge in [-0.15, -0.1) is 0 Å². The van der Waals surface area contributed by atoms with Crippen molar-refractivity contribution in [3.63, 3.8) is 0 Å². The quantitative estimate of drug-likeness (QED) is 0.722. The van der Waals surface area contributed by atoms with Crippen LogP contribution in [0, 0.1) is 12.1 Å². The third kappa shape index (κ3) is 4.43. The van der Waals surface area contributed by atoms with Crippen LogP contribution in [0.3, 0.4) is 0 Å². The molecule has 0 heterocycles. The number of hydrogen-bond donors (Lipinski definition) is 1. The smallest absolute Gasteiger partial charge is 0.0184 e. The minimum absolute atomic E-state index is 0.584. The summed E-state index contributed by atoms with van der Waals surface area (Å²) in [7, 11) is 0. The molecular weight excluding hydrogens is 170 g/mol. The van der Waals surface area contributed by atoms with E-state index in [0.717, 1.165) is 5.56 Å². The average Bonchev–Trinajstić information content (AvgIpc) is 2.33. The van der Waals surface area contributed by atoms with E-state index in [0.29, 0.717) is 6.54 Å². The molecule has 0 aliphatic heterocycles. The van der Waals surface area contributed by atoms with Crippen LogP contribution in [-0.2, 0) is 6.54 Å². The van der Waals surface area contributed by atoms with Crippen molar-refractivity contribution >= 4 is 0 Å². The van der Waals surface area contributed by atoms with Crippen LogP contribution in [0.2, 0.25) is 0 Å². The Morgan fingerprint density at radius 2 is 1.64 bits per heavy atom. The molecule has 0 bridgehead atoms. The molecule has 0 saturated carbocycles. The van der Waals surface area contributed by atoms with Crippen LogP contribution in [0.4, 0.5) is 0 Å². The van der Waals surface area contributed by atoms with Gasteiger partial charge in [0.1, 0.15) is 0 Å². The normalized spacial score (nSPS) is 8.64. The van der Waals surface area contributed by atoms with Crippen molar-refractivity contribution < 1.29 is 0 Å². The summed E-state index contributed by atoms with van der Waals surface area (Å²) in [6.07, 6.45) is 0. The molecule has 2 rings (SSSR count). The van der Waals surface area contributed by atoms with E-state index in [1.54, 1.807) is 0 Å². The lowest BCUT2D eigenvalue weighted by Crippen LogP contribution is -1.94. The van der Waals surface area contributed by atoms with E-state index in [9.17, 15) is 0 Å². The molecule has 14 heavy (non-hydrogen) atoms. The van der Waals surface area contributed by atoms with Crippen LogP contribution in [0.15, 0.2) is 54.6 Å². The molecule has 70 valence electrons. The summed E-state index contributed by atoms with van der Waals surface area (Å²) in [5.74, 6) is 0. The van der Waals surface area contributed by atoms with E-state index in [4.69, 9.17) is 5.73 Å². The summed E-state index contributed by atoms with van der Waals surface area (Å²) in [4.78, 5) is 0. The van der Waals surface area contributed by atoms with Crippen molar-refractivity contribution in [2.24, 2.45) is 5.73 Å². The van der Waals surface area contributed by atoms with Gasteiger partial charge >= 0.3 is 0 Å². The van der Waals surface area contributed by atoms with Crippen molar-refractivity contribution in [2.45, 2.75) is 6.54 Å². The molecule has 2 aromatic rings. The van der Waals surface area contributed by atoms with E-state index in [1.807, 2.05) is 54.6 Å². The minimum Gasteiger partial charge on any atom is -0.326 e. The van der Waals surface area contributed by atoms with Crippen molar-refractivity contribution in [1.82, 2.24) is 0 Å². The Kier molecular flexibility index (Phi) is 5.14. The van der Waals surface area contributed by atoms with Gasteiger partial charge in [-0.3, -0.25) is 0 Å². The third-order valence-corrected chi connectivity index (χ3v) is 1.60. The first kappa shape index (κ1) is 10.5. The Balaban J connectivity index is 0.000000146. The Labute approximate surface area is 85.2 Å².